The number of nitrogens with zero attached hydrogens (tertiary/aromatic N) is 3. The molecular weight excluding hydrogens is 382 g/mol. The number of hydrogen-bond donors (Lipinski definition) is 0. The molecule has 0 unspecified atom stereocenters. The molecule has 1 amide bonds. The average molecular weight is 406 g/mol. The van der Waals surface area contributed by atoms with E-state index in [0.29, 0.717) is 32.0 Å². The van der Waals surface area contributed by atoms with Crippen LogP contribution < -0.4 is 0 Å². The van der Waals surface area contributed by atoms with E-state index in [2.05, 4.69) is 53.2 Å². The van der Waals surface area contributed by atoms with Crippen LogP contribution in [0.4, 0.5) is 0 Å². The summed E-state index contributed by atoms with van der Waals surface area (Å²) < 4.78 is 7.46. The Morgan fingerprint density at radius 3 is 2.62 bits per heavy atom. The van der Waals surface area contributed by atoms with Gasteiger partial charge in [0.2, 0.25) is 0 Å². The second kappa shape index (κ2) is 8.05. The summed E-state index contributed by atoms with van der Waals surface area (Å²) in [5, 5.41) is 4.85. The summed E-state index contributed by atoms with van der Waals surface area (Å²) in [6.45, 7) is 3.21. The van der Waals surface area contributed by atoms with Crippen molar-refractivity contribution >= 4 is 17.7 Å². The van der Waals surface area contributed by atoms with Crippen molar-refractivity contribution in [3.05, 3.63) is 71.4 Å². The molecule has 0 spiro atoms. The number of ether oxygens (including phenoxy) is 1. The third-order valence-electron chi connectivity index (χ3n) is 5.52. The van der Waals surface area contributed by atoms with Gasteiger partial charge in [-0.2, -0.15) is 5.10 Å². The first-order valence-electron chi connectivity index (χ1n) is 10.0. The Morgan fingerprint density at radius 2 is 1.79 bits per heavy atom. The van der Waals surface area contributed by atoms with Crippen LogP contribution >= 0.6 is 11.8 Å². The molecule has 29 heavy (non-hydrogen) atoms. The van der Waals surface area contributed by atoms with Gasteiger partial charge in [-0.15, -0.1) is 11.8 Å². The molecular formula is C23H23N3O2S. The minimum atomic E-state index is 0.0305. The summed E-state index contributed by atoms with van der Waals surface area (Å²) >= 11 is 1.79. The van der Waals surface area contributed by atoms with Crippen molar-refractivity contribution in [3.8, 4) is 11.3 Å². The van der Waals surface area contributed by atoms with Gasteiger partial charge in [-0.05, 0) is 18.1 Å². The maximum atomic E-state index is 13.3. The lowest BCUT2D eigenvalue weighted by molar-refractivity contribution is 0.0298. The molecule has 0 N–H and O–H groups in total. The van der Waals surface area contributed by atoms with Crippen LogP contribution in [0.25, 0.3) is 11.3 Å². The molecule has 5 nitrogen and oxygen atoms in total. The summed E-state index contributed by atoms with van der Waals surface area (Å²) in [6, 6.07) is 18.9. The molecule has 3 aromatic rings. The Labute approximate surface area is 174 Å². The van der Waals surface area contributed by atoms with Crippen LogP contribution in [0.3, 0.4) is 0 Å². The van der Waals surface area contributed by atoms with Gasteiger partial charge in [0.15, 0.2) is 5.69 Å². The van der Waals surface area contributed by atoms with E-state index in [1.165, 1.54) is 16.0 Å². The molecule has 2 aromatic carbocycles. The van der Waals surface area contributed by atoms with Crippen LogP contribution in [-0.4, -0.2) is 46.9 Å². The fourth-order valence-electron chi connectivity index (χ4n) is 4.00. The third-order valence-corrected chi connectivity index (χ3v) is 6.62. The van der Waals surface area contributed by atoms with Gasteiger partial charge in [0.1, 0.15) is 0 Å². The lowest BCUT2D eigenvalue weighted by atomic mass is 10.0. The molecule has 6 heteroatoms. The highest BCUT2D eigenvalue weighted by Crippen LogP contribution is 2.43. The van der Waals surface area contributed by atoms with Crippen molar-refractivity contribution in [2.24, 2.45) is 0 Å². The predicted molar refractivity (Wildman–Crippen MR) is 114 cm³/mol. The van der Waals surface area contributed by atoms with Crippen molar-refractivity contribution in [2.75, 3.05) is 26.3 Å². The topological polar surface area (TPSA) is 47.4 Å². The van der Waals surface area contributed by atoms with Gasteiger partial charge in [-0.25, -0.2) is 0 Å². The van der Waals surface area contributed by atoms with Gasteiger partial charge in [0, 0.05) is 41.4 Å². The zero-order valence-corrected chi connectivity index (χ0v) is 17.0. The van der Waals surface area contributed by atoms with Gasteiger partial charge < -0.3 is 9.64 Å². The molecule has 0 saturated carbocycles. The van der Waals surface area contributed by atoms with E-state index in [1.807, 2.05) is 11.0 Å². The van der Waals surface area contributed by atoms with Crippen molar-refractivity contribution in [1.29, 1.82) is 0 Å². The molecule has 0 aliphatic carbocycles. The Balaban J connectivity index is 1.53. The monoisotopic (exact) mass is 405 g/mol. The smallest absolute Gasteiger partial charge is 0.274 e. The highest BCUT2D eigenvalue weighted by molar-refractivity contribution is 7.98. The van der Waals surface area contributed by atoms with Gasteiger partial charge in [0.05, 0.1) is 18.9 Å². The minimum absolute atomic E-state index is 0.0305. The Bertz CT molecular complexity index is 1030. The molecule has 0 radical (unpaired) electrons. The van der Waals surface area contributed by atoms with E-state index in [4.69, 9.17) is 9.84 Å². The van der Waals surface area contributed by atoms with Crippen LogP contribution in [0.2, 0.25) is 0 Å². The normalized spacial score (nSPS) is 15.7. The number of aryl methyl sites for hydroxylation is 2. The predicted octanol–water partition coefficient (Wildman–Crippen LogP) is 3.87. The Kier molecular flexibility index (Phi) is 5.12. The van der Waals surface area contributed by atoms with Crippen molar-refractivity contribution in [3.63, 3.8) is 0 Å². The molecule has 0 atom stereocenters. The van der Waals surface area contributed by atoms with Crippen LogP contribution in [-0.2, 0) is 23.5 Å². The largest absolute Gasteiger partial charge is 0.378 e. The number of morpholine rings is 1. The lowest BCUT2D eigenvalue weighted by Gasteiger charge is -2.26. The Morgan fingerprint density at radius 1 is 1.03 bits per heavy atom. The fourth-order valence-corrected chi connectivity index (χ4v) is 5.07. The zero-order valence-electron chi connectivity index (χ0n) is 16.2. The first kappa shape index (κ1) is 18.5. The van der Waals surface area contributed by atoms with E-state index in [-0.39, 0.29) is 5.91 Å². The summed E-state index contributed by atoms with van der Waals surface area (Å²) in [6.07, 6.45) is 0.884. The zero-order chi connectivity index (χ0) is 19.6. The van der Waals surface area contributed by atoms with E-state index in [1.54, 1.807) is 11.8 Å². The Hall–Kier alpha value is -2.57. The molecule has 148 valence electrons. The number of hydrogen-bond acceptors (Lipinski definition) is 4. The van der Waals surface area contributed by atoms with Crippen molar-refractivity contribution in [2.45, 2.75) is 23.6 Å². The second-order valence-electron chi connectivity index (χ2n) is 7.32. The number of benzene rings is 2. The maximum absolute atomic E-state index is 13.3. The number of aromatic nitrogens is 2. The van der Waals surface area contributed by atoms with Gasteiger partial charge in [-0.3, -0.25) is 9.48 Å². The molecule has 3 heterocycles. The maximum Gasteiger partial charge on any atom is 0.274 e. The van der Waals surface area contributed by atoms with Gasteiger partial charge in [0.25, 0.3) is 5.91 Å². The highest BCUT2D eigenvalue weighted by Gasteiger charge is 2.31. The quantitative estimate of drug-likeness (QED) is 0.661. The summed E-state index contributed by atoms with van der Waals surface area (Å²) in [7, 11) is 0. The molecule has 1 aromatic heterocycles. The molecule has 1 saturated heterocycles. The summed E-state index contributed by atoms with van der Waals surface area (Å²) in [4.78, 5) is 16.4. The number of carbonyl (C=O) groups excluding carboxylic acids is 1. The van der Waals surface area contributed by atoms with E-state index >= 15 is 0 Å². The first-order valence-corrected chi connectivity index (χ1v) is 11.0. The van der Waals surface area contributed by atoms with E-state index in [9.17, 15) is 4.79 Å². The first-order chi connectivity index (χ1) is 14.3. The van der Waals surface area contributed by atoms with E-state index < -0.39 is 0 Å². The van der Waals surface area contributed by atoms with Crippen molar-refractivity contribution in [1.82, 2.24) is 14.7 Å². The number of thioether (sulfide) groups is 1. The number of rotatable bonds is 4. The van der Waals surface area contributed by atoms with Crippen LogP contribution in [0.5, 0.6) is 0 Å². The summed E-state index contributed by atoms with van der Waals surface area (Å²) in [5.41, 5.74) is 5.23. The SMILES string of the molecule is O=C(c1nn(CCc2ccccc2)c2c1CSc1ccccc1-2)N1CCOCC1. The minimum Gasteiger partial charge on any atom is -0.378 e. The van der Waals surface area contributed by atoms with Gasteiger partial charge in [-0.1, -0.05) is 48.5 Å². The molecule has 2 aliphatic rings. The van der Waals surface area contributed by atoms with Crippen LogP contribution in [0, 0.1) is 0 Å². The van der Waals surface area contributed by atoms with Crippen LogP contribution in [0.15, 0.2) is 59.5 Å². The van der Waals surface area contributed by atoms with Gasteiger partial charge >= 0.3 is 0 Å². The van der Waals surface area contributed by atoms with E-state index in [0.717, 1.165) is 30.0 Å². The molecule has 1 fully saturated rings. The highest BCUT2D eigenvalue weighted by atomic mass is 32.2. The number of fused-ring (bicyclic) bond motifs is 3. The molecule has 5 rings (SSSR count). The summed E-state index contributed by atoms with van der Waals surface area (Å²) in [5.74, 6) is 0.811. The van der Waals surface area contributed by atoms with Crippen LogP contribution in [0.1, 0.15) is 21.6 Å². The van der Waals surface area contributed by atoms with Crippen molar-refractivity contribution < 1.29 is 9.53 Å². The molecule has 2 aliphatic heterocycles. The lowest BCUT2D eigenvalue weighted by Crippen LogP contribution is -2.41. The fraction of sp³-hybridized carbons (Fsp3) is 0.304. The standard InChI is InChI=1S/C23H23N3O2S/c27-23(25-12-14-28-15-13-25)21-19-16-29-20-9-5-4-8-18(20)22(19)26(24-21)11-10-17-6-2-1-3-7-17/h1-9H,10-16H2. The third kappa shape index (κ3) is 3.58. The number of carbonyl (C=O) groups is 1. The second-order valence-corrected chi connectivity index (χ2v) is 8.34. The average Bonchev–Trinajstić information content (AvgIpc) is 3.17. The molecule has 0 bridgehead atoms. The number of amides is 1.